The Bertz CT molecular complexity index is 992. The molecule has 0 aromatic heterocycles. The number of carbonyl (C=O) groups excluding carboxylic acids is 1. The summed E-state index contributed by atoms with van der Waals surface area (Å²) in [5.74, 6) is 0.875. The van der Waals surface area contributed by atoms with E-state index in [0.29, 0.717) is 11.5 Å². The highest BCUT2D eigenvalue weighted by molar-refractivity contribution is 6.10. The highest BCUT2D eigenvalue weighted by atomic mass is 16.6. The second kappa shape index (κ2) is 6.88. The van der Waals surface area contributed by atoms with Crippen molar-refractivity contribution in [1.82, 2.24) is 5.43 Å². The number of fused-ring (bicyclic) bond motifs is 2. The molecular weight excluding hydrogens is 328 g/mol. The van der Waals surface area contributed by atoms with Gasteiger partial charge in [0.1, 0.15) is 6.61 Å². The molecule has 3 aromatic rings. The summed E-state index contributed by atoms with van der Waals surface area (Å²) in [6, 6.07) is 21.4. The Balaban J connectivity index is 1.50. The smallest absolute Gasteiger partial charge is 0.284 e. The van der Waals surface area contributed by atoms with E-state index >= 15 is 0 Å². The minimum absolute atomic E-state index is 0.158. The quantitative estimate of drug-likeness (QED) is 0.583. The number of hydrazone groups is 1. The summed E-state index contributed by atoms with van der Waals surface area (Å²) in [6.45, 7) is 2.03. The van der Waals surface area contributed by atoms with E-state index in [2.05, 4.69) is 22.7 Å². The third kappa shape index (κ3) is 3.11. The number of carbonyl (C=O) groups is 1. The van der Waals surface area contributed by atoms with Crippen molar-refractivity contribution in [3.63, 3.8) is 0 Å². The zero-order valence-corrected chi connectivity index (χ0v) is 14.3. The van der Waals surface area contributed by atoms with Gasteiger partial charge in [-0.25, -0.2) is 5.43 Å². The standard InChI is InChI=1S/C21H18N2O3/c1-14(16-10-6-8-15-7-2-3-9-17(15)16)22-23-21(24)20-13-25-18-11-4-5-12-19(18)26-20/h2-12,20H,13H2,1H3,(H,23,24). The van der Waals surface area contributed by atoms with Crippen LogP contribution in [0.1, 0.15) is 12.5 Å². The second-order valence-electron chi connectivity index (χ2n) is 6.06. The molecule has 4 rings (SSSR count). The van der Waals surface area contributed by atoms with Crippen LogP contribution in [0.4, 0.5) is 0 Å². The first-order valence-corrected chi connectivity index (χ1v) is 8.43. The van der Waals surface area contributed by atoms with Gasteiger partial charge in [-0.1, -0.05) is 54.6 Å². The molecule has 0 saturated carbocycles. The van der Waals surface area contributed by atoms with Crippen LogP contribution >= 0.6 is 0 Å². The Kier molecular flexibility index (Phi) is 4.27. The minimum atomic E-state index is -0.728. The van der Waals surface area contributed by atoms with Crippen LogP contribution in [-0.4, -0.2) is 24.3 Å². The van der Waals surface area contributed by atoms with Crippen molar-refractivity contribution in [2.45, 2.75) is 13.0 Å². The lowest BCUT2D eigenvalue weighted by Gasteiger charge is -2.24. The highest BCUT2D eigenvalue weighted by Crippen LogP contribution is 2.30. The zero-order valence-electron chi connectivity index (χ0n) is 14.3. The number of benzene rings is 3. The monoisotopic (exact) mass is 346 g/mol. The molecule has 3 aromatic carbocycles. The van der Waals surface area contributed by atoms with Crippen molar-refractivity contribution in [2.24, 2.45) is 5.10 Å². The van der Waals surface area contributed by atoms with E-state index in [1.807, 2.05) is 55.5 Å². The van der Waals surface area contributed by atoms with Crippen molar-refractivity contribution < 1.29 is 14.3 Å². The van der Waals surface area contributed by atoms with Gasteiger partial charge in [-0.2, -0.15) is 5.10 Å². The molecule has 1 atom stereocenters. The van der Waals surface area contributed by atoms with Gasteiger partial charge >= 0.3 is 0 Å². The molecule has 1 N–H and O–H groups in total. The fourth-order valence-electron chi connectivity index (χ4n) is 2.96. The summed E-state index contributed by atoms with van der Waals surface area (Å²) in [5, 5.41) is 6.48. The fourth-order valence-corrected chi connectivity index (χ4v) is 2.96. The molecule has 0 spiro atoms. The summed E-state index contributed by atoms with van der Waals surface area (Å²) in [6.07, 6.45) is -0.728. The lowest BCUT2D eigenvalue weighted by molar-refractivity contribution is -0.130. The number of para-hydroxylation sites is 2. The van der Waals surface area contributed by atoms with E-state index in [4.69, 9.17) is 9.47 Å². The average Bonchev–Trinajstić information content (AvgIpc) is 2.71. The first-order valence-electron chi connectivity index (χ1n) is 8.43. The van der Waals surface area contributed by atoms with Crippen LogP contribution in [0.15, 0.2) is 71.8 Å². The molecule has 5 nitrogen and oxygen atoms in total. The third-order valence-corrected chi connectivity index (χ3v) is 4.31. The lowest BCUT2D eigenvalue weighted by Crippen LogP contribution is -2.42. The van der Waals surface area contributed by atoms with Crippen LogP contribution in [0.5, 0.6) is 11.5 Å². The van der Waals surface area contributed by atoms with E-state index in [1.165, 1.54) is 0 Å². The molecular formula is C21H18N2O3. The Labute approximate surface area is 151 Å². The van der Waals surface area contributed by atoms with Gasteiger partial charge in [-0.05, 0) is 29.8 Å². The van der Waals surface area contributed by atoms with E-state index in [9.17, 15) is 4.79 Å². The second-order valence-corrected chi connectivity index (χ2v) is 6.06. The van der Waals surface area contributed by atoms with Crippen LogP contribution in [0.2, 0.25) is 0 Å². The molecule has 1 amide bonds. The number of nitrogens with one attached hydrogen (secondary N) is 1. The number of hydrogen-bond donors (Lipinski definition) is 1. The molecule has 1 aliphatic heterocycles. The Hall–Kier alpha value is -3.34. The average molecular weight is 346 g/mol. The Morgan fingerprint density at radius 1 is 1.00 bits per heavy atom. The van der Waals surface area contributed by atoms with Crippen molar-refractivity contribution >= 4 is 22.4 Å². The van der Waals surface area contributed by atoms with Crippen molar-refractivity contribution in [1.29, 1.82) is 0 Å². The summed E-state index contributed by atoms with van der Waals surface area (Å²) in [5.41, 5.74) is 4.30. The molecule has 1 heterocycles. The molecule has 0 bridgehead atoms. The maximum atomic E-state index is 12.4. The molecule has 0 saturated heterocycles. The fraction of sp³-hybridized carbons (Fsp3) is 0.143. The van der Waals surface area contributed by atoms with Crippen molar-refractivity contribution in [3.05, 3.63) is 72.3 Å². The van der Waals surface area contributed by atoms with Gasteiger partial charge in [-0.3, -0.25) is 4.79 Å². The summed E-state index contributed by atoms with van der Waals surface area (Å²) in [4.78, 5) is 12.4. The summed E-state index contributed by atoms with van der Waals surface area (Å²) < 4.78 is 11.3. The van der Waals surface area contributed by atoms with E-state index in [0.717, 1.165) is 22.0 Å². The maximum absolute atomic E-state index is 12.4. The first kappa shape index (κ1) is 16.1. The largest absolute Gasteiger partial charge is 0.485 e. The molecule has 130 valence electrons. The topological polar surface area (TPSA) is 59.9 Å². The molecule has 5 heteroatoms. The lowest BCUT2D eigenvalue weighted by atomic mass is 10.0. The van der Waals surface area contributed by atoms with Crippen molar-refractivity contribution in [3.8, 4) is 11.5 Å². The Morgan fingerprint density at radius 3 is 2.62 bits per heavy atom. The predicted octanol–water partition coefficient (Wildman–Crippen LogP) is 3.52. The zero-order chi connectivity index (χ0) is 17.9. The van der Waals surface area contributed by atoms with Crippen molar-refractivity contribution in [2.75, 3.05) is 6.61 Å². The van der Waals surface area contributed by atoms with Crippen LogP contribution in [0.25, 0.3) is 10.8 Å². The van der Waals surface area contributed by atoms with Crippen LogP contribution < -0.4 is 14.9 Å². The Morgan fingerprint density at radius 2 is 1.73 bits per heavy atom. The van der Waals surface area contributed by atoms with Gasteiger partial charge in [0, 0.05) is 5.56 Å². The first-order chi connectivity index (χ1) is 12.7. The number of hydrogen-bond acceptors (Lipinski definition) is 4. The van der Waals surface area contributed by atoms with Gasteiger partial charge in [0.2, 0.25) is 6.10 Å². The summed E-state index contributed by atoms with van der Waals surface area (Å²) in [7, 11) is 0. The van der Waals surface area contributed by atoms with E-state index in [-0.39, 0.29) is 12.5 Å². The minimum Gasteiger partial charge on any atom is -0.485 e. The summed E-state index contributed by atoms with van der Waals surface area (Å²) >= 11 is 0. The third-order valence-electron chi connectivity index (χ3n) is 4.31. The highest BCUT2D eigenvalue weighted by Gasteiger charge is 2.27. The van der Waals surface area contributed by atoms with E-state index < -0.39 is 6.10 Å². The normalized spacial score (nSPS) is 16.3. The number of rotatable bonds is 3. The van der Waals surface area contributed by atoms with Gasteiger partial charge in [0.15, 0.2) is 11.5 Å². The maximum Gasteiger partial charge on any atom is 0.284 e. The molecule has 0 fully saturated rings. The number of ether oxygens (including phenoxy) is 2. The van der Waals surface area contributed by atoms with Crippen LogP contribution in [-0.2, 0) is 4.79 Å². The van der Waals surface area contributed by atoms with Gasteiger partial charge in [0.25, 0.3) is 5.91 Å². The molecule has 0 aliphatic carbocycles. The molecule has 0 radical (unpaired) electrons. The SMILES string of the molecule is CC(=NNC(=O)C1COc2ccccc2O1)c1cccc2ccccc12. The van der Waals surface area contributed by atoms with Crippen LogP contribution in [0.3, 0.4) is 0 Å². The van der Waals surface area contributed by atoms with Crippen LogP contribution in [0, 0.1) is 0 Å². The van der Waals surface area contributed by atoms with Gasteiger partial charge in [-0.15, -0.1) is 0 Å². The van der Waals surface area contributed by atoms with E-state index in [1.54, 1.807) is 6.07 Å². The number of nitrogens with zero attached hydrogens (tertiary/aromatic N) is 1. The van der Waals surface area contributed by atoms with Gasteiger partial charge in [0.05, 0.1) is 5.71 Å². The predicted molar refractivity (Wildman–Crippen MR) is 101 cm³/mol. The molecule has 1 unspecified atom stereocenters. The molecule has 26 heavy (non-hydrogen) atoms. The van der Waals surface area contributed by atoms with Gasteiger partial charge < -0.3 is 9.47 Å². The number of amides is 1. The molecule has 1 aliphatic rings.